The molecular weight excluding hydrogens is 451 g/mol. The zero-order valence-corrected chi connectivity index (χ0v) is 18.8. The van der Waals surface area contributed by atoms with Crippen molar-refractivity contribution in [3.63, 3.8) is 0 Å². The number of likely N-dealkylation sites (tertiary alicyclic amines) is 1. The molecule has 3 rings (SSSR count). The van der Waals surface area contributed by atoms with Crippen LogP contribution in [0.15, 0.2) is 42.2 Å². The monoisotopic (exact) mass is 482 g/mol. The maximum Gasteiger partial charge on any atom is 0.193 e. The van der Waals surface area contributed by atoms with Crippen LogP contribution in [-0.4, -0.2) is 51.6 Å². The van der Waals surface area contributed by atoms with E-state index >= 15 is 0 Å². The molecule has 2 unspecified atom stereocenters. The largest absolute Gasteiger partial charge is 0.357 e. The molecule has 6 nitrogen and oxygen atoms in total. The number of rotatable bonds is 5. The van der Waals surface area contributed by atoms with E-state index in [1.807, 2.05) is 24.9 Å². The molecule has 7 heteroatoms. The number of halogens is 1. The summed E-state index contributed by atoms with van der Waals surface area (Å²) in [5, 5.41) is 3.47. The van der Waals surface area contributed by atoms with Crippen LogP contribution >= 0.6 is 24.0 Å². The van der Waals surface area contributed by atoms with Crippen molar-refractivity contribution in [2.75, 3.05) is 26.2 Å². The Morgan fingerprint density at radius 2 is 2.19 bits per heavy atom. The van der Waals surface area contributed by atoms with E-state index in [1.54, 1.807) is 0 Å². The fourth-order valence-electron chi connectivity index (χ4n) is 3.59. The van der Waals surface area contributed by atoms with Crippen LogP contribution in [-0.2, 0) is 6.42 Å². The van der Waals surface area contributed by atoms with E-state index in [-0.39, 0.29) is 24.0 Å². The van der Waals surface area contributed by atoms with Gasteiger partial charge >= 0.3 is 0 Å². The molecule has 2 aromatic rings. The van der Waals surface area contributed by atoms with Crippen molar-refractivity contribution < 1.29 is 0 Å². The number of hydrogen-bond acceptors (Lipinski definition) is 3. The number of aliphatic imine (C=N–C) groups is 1. The molecule has 0 aliphatic carbocycles. The Morgan fingerprint density at radius 1 is 1.33 bits per heavy atom. The number of nitrogens with zero attached hydrogens (tertiary/aromatic N) is 5. The first-order chi connectivity index (χ1) is 12.7. The van der Waals surface area contributed by atoms with E-state index in [0.717, 1.165) is 45.0 Å². The molecule has 2 aromatic heterocycles. The van der Waals surface area contributed by atoms with Gasteiger partial charge in [-0.15, -0.1) is 24.0 Å². The Hall–Kier alpha value is -1.64. The van der Waals surface area contributed by atoms with Gasteiger partial charge in [0, 0.05) is 51.0 Å². The van der Waals surface area contributed by atoms with E-state index < -0.39 is 0 Å². The van der Waals surface area contributed by atoms with Gasteiger partial charge in [-0.3, -0.25) is 9.98 Å². The van der Waals surface area contributed by atoms with Gasteiger partial charge in [0.15, 0.2) is 5.96 Å². The molecule has 2 atom stereocenters. The molecule has 1 aliphatic rings. The first-order valence-corrected chi connectivity index (χ1v) is 9.59. The van der Waals surface area contributed by atoms with E-state index in [4.69, 9.17) is 4.99 Å². The number of piperidine rings is 1. The topological polar surface area (TPSA) is 58.3 Å². The highest BCUT2D eigenvalue weighted by Gasteiger charge is 2.28. The smallest absolute Gasteiger partial charge is 0.193 e. The van der Waals surface area contributed by atoms with E-state index in [0.29, 0.717) is 12.0 Å². The predicted molar refractivity (Wildman–Crippen MR) is 121 cm³/mol. The lowest BCUT2D eigenvalue weighted by atomic mass is 9.93. The SMILES string of the molecule is CCNC(=NCCc1ccncc1C)N1CCC(C)C(n2ccnc2)C1.I. The second kappa shape index (κ2) is 10.6. The van der Waals surface area contributed by atoms with E-state index in [1.165, 1.54) is 11.1 Å². The zero-order chi connectivity index (χ0) is 18.4. The van der Waals surface area contributed by atoms with Gasteiger partial charge in [0.25, 0.3) is 0 Å². The van der Waals surface area contributed by atoms with E-state index in [9.17, 15) is 0 Å². The van der Waals surface area contributed by atoms with Gasteiger partial charge in [-0.05, 0) is 49.8 Å². The summed E-state index contributed by atoms with van der Waals surface area (Å²) in [6, 6.07) is 2.53. The normalized spacial score (nSPS) is 20.3. The molecule has 1 fully saturated rings. The van der Waals surface area contributed by atoms with Crippen molar-refractivity contribution in [2.24, 2.45) is 10.9 Å². The van der Waals surface area contributed by atoms with Gasteiger partial charge < -0.3 is 14.8 Å². The first kappa shape index (κ1) is 21.7. The summed E-state index contributed by atoms with van der Waals surface area (Å²) < 4.78 is 2.24. The second-order valence-corrected chi connectivity index (χ2v) is 7.08. The quantitative estimate of drug-likeness (QED) is 0.404. The molecule has 0 spiro atoms. The molecule has 27 heavy (non-hydrogen) atoms. The maximum absolute atomic E-state index is 4.90. The van der Waals surface area contributed by atoms with Gasteiger partial charge in [-0.25, -0.2) is 4.98 Å². The third-order valence-electron chi connectivity index (χ3n) is 5.24. The number of aryl methyl sites for hydroxylation is 1. The lowest BCUT2D eigenvalue weighted by Gasteiger charge is -2.39. The summed E-state index contributed by atoms with van der Waals surface area (Å²) in [5.74, 6) is 1.67. The Bertz CT molecular complexity index is 715. The molecule has 0 saturated carbocycles. The maximum atomic E-state index is 4.90. The minimum Gasteiger partial charge on any atom is -0.357 e. The molecule has 0 bridgehead atoms. The minimum atomic E-state index is 0. The highest BCUT2D eigenvalue weighted by Crippen LogP contribution is 2.27. The molecule has 1 aliphatic heterocycles. The summed E-state index contributed by atoms with van der Waals surface area (Å²) >= 11 is 0. The Kier molecular flexibility index (Phi) is 8.53. The first-order valence-electron chi connectivity index (χ1n) is 9.59. The molecule has 3 heterocycles. The fraction of sp³-hybridized carbons (Fsp3) is 0.550. The molecular formula is C20H31IN6. The van der Waals surface area contributed by atoms with Gasteiger partial charge in [0.1, 0.15) is 0 Å². The fourth-order valence-corrected chi connectivity index (χ4v) is 3.59. The van der Waals surface area contributed by atoms with Crippen molar-refractivity contribution in [2.45, 2.75) is 39.7 Å². The van der Waals surface area contributed by atoms with Crippen LogP contribution in [0.5, 0.6) is 0 Å². The Balaban J connectivity index is 0.00000261. The van der Waals surface area contributed by atoms with Crippen molar-refractivity contribution in [1.82, 2.24) is 24.8 Å². The van der Waals surface area contributed by atoms with Gasteiger partial charge in [0.2, 0.25) is 0 Å². The van der Waals surface area contributed by atoms with Gasteiger partial charge in [-0.2, -0.15) is 0 Å². The number of aromatic nitrogens is 3. The summed E-state index contributed by atoms with van der Waals surface area (Å²) in [6.45, 7) is 10.3. The van der Waals surface area contributed by atoms with Crippen LogP contribution in [0.2, 0.25) is 0 Å². The highest BCUT2D eigenvalue weighted by atomic mass is 127. The van der Waals surface area contributed by atoms with Crippen molar-refractivity contribution in [3.8, 4) is 0 Å². The van der Waals surface area contributed by atoms with Gasteiger partial charge in [0.05, 0.1) is 12.4 Å². The zero-order valence-electron chi connectivity index (χ0n) is 16.5. The van der Waals surface area contributed by atoms with Crippen LogP contribution in [0.3, 0.4) is 0 Å². The standard InChI is InChI=1S/C20H30N6.HI/c1-4-23-20(24-9-6-18-5-8-21-13-17(18)3)25-11-7-16(2)19(14-25)26-12-10-22-15-26;/h5,8,10,12-13,15-16,19H,4,6-7,9,11,14H2,1-3H3,(H,23,24);1H. The summed E-state index contributed by atoms with van der Waals surface area (Å²) in [6.07, 6.45) is 11.8. The van der Waals surface area contributed by atoms with Crippen LogP contribution in [0.25, 0.3) is 0 Å². The van der Waals surface area contributed by atoms with Crippen LogP contribution in [0, 0.1) is 12.8 Å². The van der Waals surface area contributed by atoms with Crippen LogP contribution < -0.4 is 5.32 Å². The Morgan fingerprint density at radius 3 is 2.89 bits per heavy atom. The molecule has 1 saturated heterocycles. The van der Waals surface area contributed by atoms with E-state index in [2.05, 4.69) is 57.8 Å². The lowest BCUT2D eigenvalue weighted by molar-refractivity contribution is 0.189. The summed E-state index contributed by atoms with van der Waals surface area (Å²) in [7, 11) is 0. The van der Waals surface area contributed by atoms with Crippen LogP contribution in [0.4, 0.5) is 0 Å². The second-order valence-electron chi connectivity index (χ2n) is 7.08. The lowest BCUT2D eigenvalue weighted by Crippen LogP contribution is -2.49. The third-order valence-corrected chi connectivity index (χ3v) is 5.24. The predicted octanol–water partition coefficient (Wildman–Crippen LogP) is 3.30. The number of guanidine groups is 1. The average molecular weight is 482 g/mol. The summed E-state index contributed by atoms with van der Waals surface area (Å²) in [4.78, 5) is 15.7. The van der Waals surface area contributed by atoms with Crippen molar-refractivity contribution in [3.05, 3.63) is 48.3 Å². The summed E-state index contributed by atoms with van der Waals surface area (Å²) in [5.41, 5.74) is 2.56. The Labute approximate surface area is 179 Å². The number of hydrogen-bond donors (Lipinski definition) is 1. The van der Waals surface area contributed by atoms with Crippen molar-refractivity contribution >= 4 is 29.9 Å². The van der Waals surface area contributed by atoms with Crippen LogP contribution in [0.1, 0.15) is 37.4 Å². The molecule has 1 N–H and O–H groups in total. The molecule has 0 aromatic carbocycles. The minimum absolute atomic E-state index is 0. The highest BCUT2D eigenvalue weighted by molar-refractivity contribution is 14.0. The third kappa shape index (κ3) is 5.67. The molecule has 148 valence electrons. The average Bonchev–Trinajstić information content (AvgIpc) is 3.17. The number of imidazole rings is 1. The number of pyridine rings is 1. The van der Waals surface area contributed by atoms with Crippen molar-refractivity contribution in [1.29, 1.82) is 0 Å². The number of nitrogens with one attached hydrogen (secondary N) is 1. The molecule has 0 amide bonds. The van der Waals surface area contributed by atoms with Gasteiger partial charge in [-0.1, -0.05) is 6.92 Å². The molecule has 0 radical (unpaired) electrons.